The molecule has 7 nitrogen and oxygen atoms in total. The van der Waals surface area contributed by atoms with Crippen LogP contribution in [0.3, 0.4) is 0 Å². The molecule has 2 amide bonds. The number of nitrogens with zero attached hydrogens (tertiary/aromatic N) is 2. The van der Waals surface area contributed by atoms with Crippen molar-refractivity contribution in [1.82, 2.24) is 10.2 Å². The number of amides is 2. The summed E-state index contributed by atoms with van der Waals surface area (Å²) in [5.74, 6) is -1.60. The lowest BCUT2D eigenvalue weighted by molar-refractivity contribution is -0.139. The highest BCUT2D eigenvalue weighted by molar-refractivity contribution is 7.92. The summed E-state index contributed by atoms with van der Waals surface area (Å²) in [6.45, 7) is 3.15. The van der Waals surface area contributed by atoms with Crippen LogP contribution >= 0.6 is 11.6 Å². The van der Waals surface area contributed by atoms with Gasteiger partial charge in [-0.3, -0.25) is 13.9 Å². The quantitative estimate of drug-likeness (QED) is 0.316. The van der Waals surface area contributed by atoms with Gasteiger partial charge in [-0.05, 0) is 55.8 Å². The molecule has 1 N–H and O–H groups in total. The van der Waals surface area contributed by atoms with Crippen LogP contribution in [0.2, 0.25) is 5.02 Å². The Balaban J connectivity index is 1.98. The molecule has 202 valence electrons. The zero-order valence-electron chi connectivity index (χ0n) is 21.3. The van der Waals surface area contributed by atoms with Gasteiger partial charge in [-0.1, -0.05) is 61.3 Å². The van der Waals surface area contributed by atoms with Gasteiger partial charge in [0.15, 0.2) is 0 Å². The third-order valence-corrected chi connectivity index (χ3v) is 8.06. The van der Waals surface area contributed by atoms with Gasteiger partial charge in [0.2, 0.25) is 11.8 Å². The first kappa shape index (κ1) is 29.1. The number of unbranched alkanes of at least 4 members (excludes halogenated alkanes) is 1. The van der Waals surface area contributed by atoms with E-state index >= 15 is 0 Å². The normalized spacial score (nSPS) is 12.0. The molecule has 0 aromatic heterocycles. The monoisotopic (exact) mass is 559 g/mol. The van der Waals surface area contributed by atoms with Crippen molar-refractivity contribution in [2.24, 2.45) is 0 Å². The van der Waals surface area contributed by atoms with Crippen LogP contribution in [0.5, 0.6) is 0 Å². The molecule has 0 aliphatic heterocycles. The summed E-state index contributed by atoms with van der Waals surface area (Å²) in [7, 11) is -4.19. The number of benzene rings is 3. The zero-order valence-corrected chi connectivity index (χ0v) is 22.9. The fourth-order valence-corrected chi connectivity index (χ4v) is 5.33. The molecule has 3 aromatic rings. The van der Waals surface area contributed by atoms with Crippen LogP contribution in [0.1, 0.15) is 32.3 Å². The largest absolute Gasteiger partial charge is 0.354 e. The van der Waals surface area contributed by atoms with E-state index in [0.717, 1.165) is 17.1 Å². The number of carbonyl (C=O) groups excluding carboxylic acids is 2. The Morgan fingerprint density at radius 2 is 1.61 bits per heavy atom. The summed E-state index contributed by atoms with van der Waals surface area (Å²) < 4.78 is 42.9. The van der Waals surface area contributed by atoms with E-state index < -0.39 is 40.2 Å². The summed E-state index contributed by atoms with van der Waals surface area (Å²) in [5.41, 5.74) is 0.475. The van der Waals surface area contributed by atoms with Gasteiger partial charge in [-0.2, -0.15) is 0 Å². The maximum absolute atomic E-state index is 14.5. The molecule has 0 radical (unpaired) electrons. The molecule has 0 aliphatic carbocycles. The van der Waals surface area contributed by atoms with Crippen molar-refractivity contribution in [1.29, 1.82) is 0 Å². The van der Waals surface area contributed by atoms with Gasteiger partial charge < -0.3 is 10.2 Å². The van der Waals surface area contributed by atoms with Crippen LogP contribution in [0.4, 0.5) is 10.1 Å². The Kier molecular flexibility index (Phi) is 10.3. The fourth-order valence-electron chi connectivity index (χ4n) is 3.79. The molecule has 0 fully saturated rings. The maximum atomic E-state index is 14.5. The van der Waals surface area contributed by atoms with Crippen LogP contribution in [-0.2, 0) is 26.2 Å². The third kappa shape index (κ3) is 7.33. The Hall–Kier alpha value is -3.43. The highest BCUT2D eigenvalue weighted by Crippen LogP contribution is 2.25. The SMILES string of the molecule is CCCCNC(=O)[C@H](C)N(Cc1ccccc1F)C(=O)CN(c1ccccc1)S(=O)(=O)c1ccc(Cl)cc1. The van der Waals surface area contributed by atoms with Crippen molar-refractivity contribution in [3.63, 3.8) is 0 Å². The lowest BCUT2D eigenvalue weighted by Crippen LogP contribution is -2.51. The Bertz CT molecular complexity index is 1340. The van der Waals surface area contributed by atoms with E-state index in [9.17, 15) is 22.4 Å². The van der Waals surface area contributed by atoms with E-state index in [0.29, 0.717) is 11.6 Å². The summed E-state index contributed by atoms with van der Waals surface area (Å²) >= 11 is 5.95. The van der Waals surface area contributed by atoms with Crippen LogP contribution in [0.25, 0.3) is 0 Å². The Morgan fingerprint density at radius 1 is 0.974 bits per heavy atom. The Morgan fingerprint density at radius 3 is 2.24 bits per heavy atom. The highest BCUT2D eigenvalue weighted by Gasteiger charge is 2.32. The fraction of sp³-hybridized carbons (Fsp3) is 0.286. The molecular weight excluding hydrogens is 529 g/mol. The minimum Gasteiger partial charge on any atom is -0.354 e. The molecule has 0 aliphatic rings. The van der Waals surface area contributed by atoms with E-state index in [4.69, 9.17) is 11.6 Å². The molecule has 10 heteroatoms. The van der Waals surface area contributed by atoms with Crippen molar-refractivity contribution in [2.75, 3.05) is 17.4 Å². The van der Waals surface area contributed by atoms with Crippen molar-refractivity contribution in [3.05, 3.63) is 95.3 Å². The van der Waals surface area contributed by atoms with Gasteiger partial charge in [0, 0.05) is 23.7 Å². The average Bonchev–Trinajstić information content (AvgIpc) is 2.91. The lowest BCUT2D eigenvalue weighted by atomic mass is 10.1. The second kappa shape index (κ2) is 13.4. The summed E-state index contributed by atoms with van der Waals surface area (Å²) in [5, 5.41) is 3.16. The van der Waals surface area contributed by atoms with Gasteiger partial charge in [0.1, 0.15) is 18.4 Å². The van der Waals surface area contributed by atoms with E-state index in [2.05, 4.69) is 5.32 Å². The standard InChI is InChI=1S/C28H31ClFN3O4S/c1-3-4-18-31-28(35)21(2)32(19-22-10-8-9-13-26(22)30)27(34)20-33(24-11-6-5-7-12-24)38(36,37)25-16-14-23(29)15-17-25/h5-17,21H,3-4,18-20H2,1-2H3,(H,31,35)/t21-/m0/s1. The molecule has 0 saturated carbocycles. The minimum absolute atomic E-state index is 0.0513. The first-order chi connectivity index (χ1) is 18.1. The molecule has 1 atom stereocenters. The number of hydrogen-bond donors (Lipinski definition) is 1. The third-order valence-electron chi connectivity index (χ3n) is 6.02. The molecule has 38 heavy (non-hydrogen) atoms. The van der Waals surface area contributed by atoms with E-state index in [1.165, 1.54) is 47.4 Å². The van der Waals surface area contributed by atoms with Crippen LogP contribution in [-0.4, -0.2) is 44.3 Å². The molecule has 0 unspecified atom stereocenters. The summed E-state index contributed by atoms with van der Waals surface area (Å²) in [6.07, 6.45) is 1.64. The summed E-state index contributed by atoms with van der Waals surface area (Å²) in [6, 6.07) is 18.8. The molecule has 0 heterocycles. The Labute approximate surface area is 228 Å². The second-order valence-electron chi connectivity index (χ2n) is 8.73. The number of rotatable bonds is 12. The van der Waals surface area contributed by atoms with E-state index in [-0.39, 0.29) is 22.7 Å². The second-order valence-corrected chi connectivity index (χ2v) is 11.0. The number of carbonyl (C=O) groups is 2. The summed E-state index contributed by atoms with van der Waals surface area (Å²) in [4.78, 5) is 27.8. The number of halogens is 2. The smallest absolute Gasteiger partial charge is 0.264 e. The molecule has 3 rings (SSSR count). The molecule has 0 bridgehead atoms. The van der Waals surface area contributed by atoms with Gasteiger partial charge in [-0.15, -0.1) is 0 Å². The van der Waals surface area contributed by atoms with E-state index in [1.54, 1.807) is 43.3 Å². The minimum atomic E-state index is -4.19. The predicted molar refractivity (Wildman–Crippen MR) is 147 cm³/mol. The number of sulfonamides is 1. The van der Waals surface area contributed by atoms with Gasteiger partial charge in [0.05, 0.1) is 10.6 Å². The zero-order chi connectivity index (χ0) is 27.7. The molecular formula is C28H31ClFN3O4S. The number of hydrogen-bond acceptors (Lipinski definition) is 4. The predicted octanol–water partition coefficient (Wildman–Crippen LogP) is 5.01. The van der Waals surface area contributed by atoms with Gasteiger partial charge >= 0.3 is 0 Å². The lowest BCUT2D eigenvalue weighted by Gasteiger charge is -2.32. The van der Waals surface area contributed by atoms with Crippen LogP contribution in [0.15, 0.2) is 83.8 Å². The first-order valence-electron chi connectivity index (χ1n) is 12.3. The van der Waals surface area contributed by atoms with Gasteiger partial charge in [-0.25, -0.2) is 12.8 Å². The van der Waals surface area contributed by atoms with Crippen molar-refractivity contribution in [3.8, 4) is 0 Å². The van der Waals surface area contributed by atoms with Crippen molar-refractivity contribution < 1.29 is 22.4 Å². The number of para-hydroxylation sites is 1. The van der Waals surface area contributed by atoms with Crippen LogP contribution in [0, 0.1) is 5.82 Å². The first-order valence-corrected chi connectivity index (χ1v) is 14.1. The van der Waals surface area contributed by atoms with E-state index in [1.807, 2.05) is 6.92 Å². The van der Waals surface area contributed by atoms with Gasteiger partial charge in [0.25, 0.3) is 10.0 Å². The number of nitrogens with one attached hydrogen (secondary N) is 1. The number of anilines is 1. The van der Waals surface area contributed by atoms with Crippen molar-refractivity contribution >= 4 is 39.1 Å². The van der Waals surface area contributed by atoms with Crippen molar-refractivity contribution in [2.45, 2.75) is 44.2 Å². The topological polar surface area (TPSA) is 86.8 Å². The highest BCUT2D eigenvalue weighted by atomic mass is 35.5. The molecule has 0 saturated heterocycles. The molecule has 0 spiro atoms. The van der Waals surface area contributed by atoms with Crippen LogP contribution < -0.4 is 9.62 Å². The maximum Gasteiger partial charge on any atom is 0.264 e. The average molecular weight is 560 g/mol. The molecule has 3 aromatic carbocycles.